The fraction of sp³-hybridized carbons (Fsp3) is 0.0714. The lowest BCUT2D eigenvalue weighted by atomic mass is 10.0. The Kier molecular flexibility index (Phi) is 3.60. The molecule has 92 valence electrons. The highest BCUT2D eigenvalue weighted by molar-refractivity contribution is 6.31. The normalized spacial score (nSPS) is 14.7. The molecule has 0 aliphatic rings. The summed E-state index contributed by atoms with van der Waals surface area (Å²) in [7, 11) is 0. The van der Waals surface area contributed by atoms with E-state index in [1.165, 1.54) is 24.3 Å². The van der Waals surface area contributed by atoms with Gasteiger partial charge in [-0.05, 0) is 29.8 Å². The van der Waals surface area contributed by atoms with E-state index in [0.29, 0.717) is 10.0 Å². The van der Waals surface area contributed by atoms with Crippen LogP contribution in [0.1, 0.15) is 23.4 Å². The van der Waals surface area contributed by atoms with E-state index in [4.69, 9.17) is 24.6 Å². The van der Waals surface area contributed by atoms with Crippen LogP contribution < -0.4 is 0 Å². The van der Waals surface area contributed by atoms with Crippen LogP contribution >= 0.6 is 23.2 Å². The Hall–Kier alpha value is -1.35. The van der Waals surface area contributed by atoms with Crippen molar-refractivity contribution in [2.24, 2.45) is 0 Å². The molecular formula is C14H10Cl2O2. The SMILES string of the molecule is [2H][C@](O)(C(=O)c1cccc(Cl)c1)c1cccc(Cl)c1. The lowest BCUT2D eigenvalue weighted by Crippen LogP contribution is -2.12. The van der Waals surface area contributed by atoms with Gasteiger partial charge in [-0.15, -0.1) is 0 Å². The van der Waals surface area contributed by atoms with Gasteiger partial charge in [0.05, 0.1) is 1.37 Å². The first-order valence-electron chi connectivity index (χ1n) is 5.70. The second-order valence-electron chi connectivity index (χ2n) is 3.70. The Bertz CT molecular complexity index is 626. The molecule has 0 aliphatic carbocycles. The zero-order valence-electron chi connectivity index (χ0n) is 10.2. The van der Waals surface area contributed by atoms with E-state index in [1.807, 2.05) is 0 Å². The lowest BCUT2D eigenvalue weighted by molar-refractivity contribution is 0.0747. The Labute approximate surface area is 116 Å². The number of aliphatic hydroxyl groups is 1. The first kappa shape index (κ1) is 11.7. The third-order valence-electron chi connectivity index (χ3n) is 2.40. The number of benzene rings is 2. The molecule has 0 bridgehead atoms. The molecule has 0 saturated heterocycles. The molecule has 2 aromatic rings. The molecule has 0 heterocycles. The standard InChI is InChI=1S/C14H10Cl2O2/c15-11-5-1-3-9(7-11)13(17)14(18)10-4-2-6-12(16)8-10/h1-8,13,17H/t13-/m1/s1/i13D. The highest BCUT2D eigenvalue weighted by atomic mass is 35.5. The molecule has 0 amide bonds. The van der Waals surface area contributed by atoms with E-state index in [-0.39, 0.29) is 11.1 Å². The van der Waals surface area contributed by atoms with Crippen LogP contribution in [0.3, 0.4) is 0 Å². The molecule has 1 N–H and O–H groups in total. The summed E-state index contributed by atoms with van der Waals surface area (Å²) >= 11 is 11.6. The molecule has 1 atom stereocenters. The van der Waals surface area contributed by atoms with Gasteiger partial charge in [-0.25, -0.2) is 0 Å². The largest absolute Gasteiger partial charge is 0.380 e. The number of Topliss-reactive ketones (excluding diaryl/α,β-unsaturated/α-hetero) is 1. The van der Waals surface area contributed by atoms with Crippen LogP contribution in [0.15, 0.2) is 48.5 Å². The molecule has 2 nitrogen and oxygen atoms in total. The van der Waals surface area contributed by atoms with Crippen LogP contribution in [0.25, 0.3) is 0 Å². The summed E-state index contributed by atoms with van der Waals surface area (Å²) in [4.78, 5) is 12.2. The van der Waals surface area contributed by atoms with Gasteiger partial charge in [0.2, 0.25) is 0 Å². The summed E-state index contributed by atoms with van der Waals surface area (Å²) in [5.41, 5.74) is 0.287. The first-order chi connectivity index (χ1) is 8.91. The van der Waals surface area contributed by atoms with E-state index in [1.54, 1.807) is 24.3 Å². The first-order valence-corrected chi connectivity index (χ1v) is 5.95. The predicted molar refractivity (Wildman–Crippen MR) is 72.2 cm³/mol. The molecule has 0 spiro atoms. The van der Waals surface area contributed by atoms with Gasteiger partial charge in [-0.3, -0.25) is 4.79 Å². The Morgan fingerprint density at radius 3 is 2.33 bits per heavy atom. The van der Waals surface area contributed by atoms with Gasteiger partial charge < -0.3 is 5.11 Å². The number of carbonyl (C=O) groups is 1. The Balaban J connectivity index is 2.42. The number of hydrogen-bond acceptors (Lipinski definition) is 2. The fourth-order valence-corrected chi connectivity index (χ4v) is 1.91. The molecule has 0 unspecified atom stereocenters. The monoisotopic (exact) mass is 281 g/mol. The minimum Gasteiger partial charge on any atom is -0.380 e. The van der Waals surface area contributed by atoms with Crippen LogP contribution in [0.5, 0.6) is 0 Å². The number of carbonyl (C=O) groups excluding carboxylic acids is 1. The molecule has 2 rings (SSSR count). The molecule has 0 fully saturated rings. The zero-order valence-corrected chi connectivity index (χ0v) is 10.7. The summed E-state index contributed by atoms with van der Waals surface area (Å²) in [6.07, 6.45) is -2.39. The van der Waals surface area contributed by atoms with Crippen LogP contribution in [0, 0.1) is 0 Å². The van der Waals surface area contributed by atoms with Gasteiger partial charge in [-0.1, -0.05) is 47.5 Å². The number of ketones is 1. The van der Waals surface area contributed by atoms with Crippen molar-refractivity contribution in [2.45, 2.75) is 6.08 Å². The van der Waals surface area contributed by atoms with Crippen LogP contribution in [0.4, 0.5) is 0 Å². The second kappa shape index (κ2) is 5.53. The predicted octanol–water partition coefficient (Wildman–Crippen LogP) is 3.91. The summed E-state index contributed by atoms with van der Waals surface area (Å²) in [5.74, 6) is -0.753. The van der Waals surface area contributed by atoms with Crippen molar-refractivity contribution >= 4 is 29.0 Å². The Morgan fingerprint density at radius 1 is 1.11 bits per heavy atom. The van der Waals surface area contributed by atoms with E-state index in [2.05, 4.69) is 0 Å². The average Bonchev–Trinajstić information content (AvgIpc) is 2.38. The third-order valence-corrected chi connectivity index (χ3v) is 2.87. The maximum Gasteiger partial charge on any atom is 0.195 e. The molecular weight excluding hydrogens is 271 g/mol. The quantitative estimate of drug-likeness (QED) is 0.866. The number of halogens is 2. The van der Waals surface area contributed by atoms with Gasteiger partial charge in [0, 0.05) is 15.6 Å². The van der Waals surface area contributed by atoms with Gasteiger partial charge in [-0.2, -0.15) is 0 Å². The summed E-state index contributed by atoms with van der Waals surface area (Å²) in [5, 5.41) is 10.9. The summed E-state index contributed by atoms with van der Waals surface area (Å²) in [6, 6.07) is 12.1. The second-order valence-corrected chi connectivity index (χ2v) is 4.57. The van der Waals surface area contributed by atoms with Crippen molar-refractivity contribution in [3.05, 3.63) is 69.7 Å². The molecule has 4 heteroatoms. The topological polar surface area (TPSA) is 37.3 Å². The van der Waals surface area contributed by atoms with E-state index in [0.717, 1.165) is 0 Å². The van der Waals surface area contributed by atoms with Crippen molar-refractivity contribution in [2.75, 3.05) is 0 Å². The van der Waals surface area contributed by atoms with E-state index >= 15 is 0 Å². The van der Waals surface area contributed by atoms with Crippen molar-refractivity contribution < 1.29 is 11.3 Å². The zero-order chi connectivity index (χ0) is 14.0. The van der Waals surface area contributed by atoms with Gasteiger partial charge in [0.1, 0.15) is 6.08 Å². The highest BCUT2D eigenvalue weighted by Crippen LogP contribution is 2.22. The third kappa shape index (κ3) is 2.91. The fourth-order valence-electron chi connectivity index (χ4n) is 1.53. The number of rotatable bonds is 3. The molecule has 0 radical (unpaired) electrons. The van der Waals surface area contributed by atoms with Crippen molar-refractivity contribution in [1.82, 2.24) is 0 Å². The van der Waals surface area contributed by atoms with Crippen LogP contribution in [0.2, 0.25) is 10.0 Å². The van der Waals surface area contributed by atoms with Crippen LogP contribution in [-0.2, 0) is 0 Å². The van der Waals surface area contributed by atoms with Gasteiger partial charge >= 0.3 is 0 Å². The van der Waals surface area contributed by atoms with E-state index in [9.17, 15) is 9.90 Å². The average molecular weight is 282 g/mol. The maximum atomic E-state index is 12.2. The summed E-state index contributed by atoms with van der Waals surface area (Å²) < 4.78 is 7.88. The Morgan fingerprint density at radius 2 is 1.72 bits per heavy atom. The lowest BCUT2D eigenvalue weighted by Gasteiger charge is -2.10. The van der Waals surface area contributed by atoms with Crippen molar-refractivity contribution in [1.29, 1.82) is 0 Å². The van der Waals surface area contributed by atoms with E-state index < -0.39 is 11.9 Å². The van der Waals surface area contributed by atoms with Crippen molar-refractivity contribution in [3.63, 3.8) is 0 Å². The number of hydrogen-bond donors (Lipinski definition) is 1. The molecule has 2 aromatic carbocycles. The highest BCUT2D eigenvalue weighted by Gasteiger charge is 2.19. The molecule has 0 aliphatic heterocycles. The summed E-state index contributed by atoms with van der Waals surface area (Å²) in [6.45, 7) is 0. The molecule has 0 saturated carbocycles. The van der Waals surface area contributed by atoms with Gasteiger partial charge in [0.25, 0.3) is 0 Å². The maximum absolute atomic E-state index is 12.2. The molecule has 18 heavy (non-hydrogen) atoms. The minimum absolute atomic E-state index is 0.116. The molecule has 0 aromatic heterocycles. The smallest absolute Gasteiger partial charge is 0.195 e. The van der Waals surface area contributed by atoms with Crippen molar-refractivity contribution in [3.8, 4) is 0 Å². The van der Waals surface area contributed by atoms with Crippen LogP contribution in [-0.4, -0.2) is 10.9 Å². The van der Waals surface area contributed by atoms with Gasteiger partial charge in [0.15, 0.2) is 5.78 Å². The minimum atomic E-state index is -2.39.